The van der Waals surface area contributed by atoms with Crippen LogP contribution in [0.3, 0.4) is 0 Å². The van der Waals surface area contributed by atoms with E-state index in [4.69, 9.17) is 4.74 Å². The molecule has 2 heterocycles. The van der Waals surface area contributed by atoms with Gasteiger partial charge in [-0.25, -0.2) is 0 Å². The Morgan fingerprint density at radius 3 is 2.58 bits per heavy atom. The summed E-state index contributed by atoms with van der Waals surface area (Å²) in [5, 5.41) is 0. The third-order valence-corrected chi connectivity index (χ3v) is 2.30. The van der Waals surface area contributed by atoms with Crippen LogP contribution in [0, 0.1) is 0 Å². The van der Waals surface area contributed by atoms with E-state index in [0.29, 0.717) is 0 Å². The molecule has 0 amide bonds. The lowest BCUT2D eigenvalue weighted by Crippen LogP contribution is -2.27. The molecule has 0 fully saturated rings. The largest absolute Gasteiger partial charge is 0.473 e. The lowest BCUT2D eigenvalue weighted by molar-refractivity contribution is -0.0264. The quantitative estimate of drug-likeness (QED) is 0.620. The molecule has 2 nitrogen and oxygen atoms in total. The topological polar surface area (TPSA) is 14.2 Å². The van der Waals surface area contributed by atoms with E-state index >= 15 is 0 Å². The molecule has 1 atom stereocenters. The highest BCUT2D eigenvalue weighted by atomic mass is 16.5. The van der Waals surface area contributed by atoms with Crippen LogP contribution >= 0.6 is 0 Å². The van der Waals surface area contributed by atoms with Crippen LogP contribution in [0.1, 0.15) is 20.3 Å². The summed E-state index contributed by atoms with van der Waals surface area (Å²) in [5.74, 6) is 1.02. The summed E-state index contributed by atoms with van der Waals surface area (Å²) < 4.78 is 7.81. The highest BCUT2D eigenvalue weighted by Gasteiger charge is 2.30. The summed E-state index contributed by atoms with van der Waals surface area (Å²) in [5.41, 5.74) is -0.187. The minimum absolute atomic E-state index is 0.187. The van der Waals surface area contributed by atoms with Gasteiger partial charge in [0.2, 0.25) is 0 Å². The molecule has 1 aliphatic rings. The SMILES string of the molecule is CC1=CCC(C)(n2cccc2)O1. The molecule has 0 saturated carbocycles. The summed E-state index contributed by atoms with van der Waals surface area (Å²) in [7, 11) is 0. The molecule has 0 spiro atoms. The fraction of sp³-hybridized carbons (Fsp3) is 0.400. The van der Waals surface area contributed by atoms with Crippen LogP contribution in [0.2, 0.25) is 0 Å². The minimum atomic E-state index is -0.187. The Bertz CT molecular complexity index is 300. The molecule has 1 aromatic heterocycles. The van der Waals surface area contributed by atoms with E-state index in [-0.39, 0.29) is 5.72 Å². The fourth-order valence-corrected chi connectivity index (χ4v) is 1.57. The Balaban J connectivity index is 2.26. The number of ether oxygens (including phenoxy) is 1. The minimum Gasteiger partial charge on any atom is -0.473 e. The maximum atomic E-state index is 5.72. The van der Waals surface area contributed by atoms with Gasteiger partial charge in [0.25, 0.3) is 0 Å². The monoisotopic (exact) mass is 163 g/mol. The molecule has 0 saturated heterocycles. The molecule has 1 unspecified atom stereocenters. The van der Waals surface area contributed by atoms with Crippen LogP contribution in [0.4, 0.5) is 0 Å². The smallest absolute Gasteiger partial charge is 0.186 e. The molecule has 0 bridgehead atoms. The van der Waals surface area contributed by atoms with Crippen molar-refractivity contribution in [3.63, 3.8) is 0 Å². The summed E-state index contributed by atoms with van der Waals surface area (Å²) >= 11 is 0. The molecule has 0 radical (unpaired) electrons. The van der Waals surface area contributed by atoms with Crippen LogP contribution < -0.4 is 0 Å². The summed E-state index contributed by atoms with van der Waals surface area (Å²) in [6.45, 7) is 4.09. The first kappa shape index (κ1) is 7.47. The van der Waals surface area contributed by atoms with Crippen molar-refractivity contribution in [2.75, 3.05) is 0 Å². The van der Waals surface area contributed by atoms with Gasteiger partial charge >= 0.3 is 0 Å². The number of rotatable bonds is 1. The molecule has 0 aliphatic carbocycles. The zero-order valence-electron chi connectivity index (χ0n) is 7.45. The van der Waals surface area contributed by atoms with E-state index in [1.165, 1.54) is 0 Å². The first-order valence-corrected chi connectivity index (χ1v) is 4.20. The molecule has 12 heavy (non-hydrogen) atoms. The van der Waals surface area contributed by atoms with E-state index in [9.17, 15) is 0 Å². The van der Waals surface area contributed by atoms with Gasteiger partial charge in [-0.05, 0) is 32.1 Å². The molecule has 1 aliphatic heterocycles. The van der Waals surface area contributed by atoms with Crippen molar-refractivity contribution in [1.82, 2.24) is 4.57 Å². The molecule has 0 N–H and O–H groups in total. The maximum absolute atomic E-state index is 5.72. The average Bonchev–Trinajstić information content (AvgIpc) is 2.59. The standard InChI is InChI=1S/C10H13NO/c1-9-5-6-10(2,12-9)11-7-3-4-8-11/h3-5,7-8H,6H2,1-2H3. The van der Waals surface area contributed by atoms with Crippen molar-refractivity contribution in [3.8, 4) is 0 Å². The highest BCUT2D eigenvalue weighted by Crippen LogP contribution is 2.31. The zero-order chi connectivity index (χ0) is 8.60. The fourth-order valence-electron chi connectivity index (χ4n) is 1.57. The van der Waals surface area contributed by atoms with Crippen molar-refractivity contribution >= 4 is 0 Å². The van der Waals surface area contributed by atoms with Crippen LogP contribution in [-0.4, -0.2) is 4.57 Å². The number of aromatic nitrogens is 1. The van der Waals surface area contributed by atoms with Crippen molar-refractivity contribution in [2.24, 2.45) is 0 Å². The van der Waals surface area contributed by atoms with Gasteiger partial charge in [0.1, 0.15) is 0 Å². The maximum Gasteiger partial charge on any atom is 0.186 e. The molecular weight excluding hydrogens is 150 g/mol. The molecule has 2 heteroatoms. The molecular formula is C10H13NO. The van der Waals surface area contributed by atoms with Gasteiger partial charge in [0.15, 0.2) is 5.72 Å². The second kappa shape index (κ2) is 2.41. The Labute approximate surface area is 72.5 Å². The average molecular weight is 163 g/mol. The van der Waals surface area contributed by atoms with Crippen molar-refractivity contribution in [3.05, 3.63) is 36.4 Å². The van der Waals surface area contributed by atoms with Gasteiger partial charge in [0, 0.05) is 18.8 Å². The Hall–Kier alpha value is -1.18. The van der Waals surface area contributed by atoms with E-state index in [2.05, 4.69) is 17.6 Å². The lowest BCUT2D eigenvalue weighted by atomic mass is 10.2. The predicted molar refractivity (Wildman–Crippen MR) is 47.5 cm³/mol. The van der Waals surface area contributed by atoms with E-state index in [1.54, 1.807) is 0 Å². The Kier molecular flexibility index (Phi) is 1.50. The summed E-state index contributed by atoms with van der Waals surface area (Å²) in [6, 6.07) is 4.03. The van der Waals surface area contributed by atoms with Crippen molar-refractivity contribution in [2.45, 2.75) is 26.0 Å². The van der Waals surface area contributed by atoms with Gasteiger partial charge in [-0.3, -0.25) is 0 Å². The van der Waals surface area contributed by atoms with Crippen LogP contribution in [-0.2, 0) is 10.5 Å². The molecule has 1 aromatic rings. The van der Waals surface area contributed by atoms with E-state index in [0.717, 1.165) is 12.2 Å². The van der Waals surface area contributed by atoms with Crippen LogP contribution in [0.25, 0.3) is 0 Å². The van der Waals surface area contributed by atoms with Gasteiger partial charge in [-0.1, -0.05) is 0 Å². The van der Waals surface area contributed by atoms with Gasteiger partial charge in [0.05, 0.1) is 5.76 Å². The Morgan fingerprint density at radius 2 is 2.08 bits per heavy atom. The van der Waals surface area contributed by atoms with E-state index in [1.807, 2.05) is 31.5 Å². The second-order valence-corrected chi connectivity index (χ2v) is 3.39. The predicted octanol–water partition coefficient (Wildman–Crippen LogP) is 2.48. The third-order valence-electron chi connectivity index (χ3n) is 2.30. The van der Waals surface area contributed by atoms with Crippen molar-refractivity contribution < 1.29 is 4.74 Å². The third kappa shape index (κ3) is 1.04. The second-order valence-electron chi connectivity index (χ2n) is 3.39. The summed E-state index contributed by atoms with van der Waals surface area (Å²) in [4.78, 5) is 0. The highest BCUT2D eigenvalue weighted by molar-refractivity contribution is 5.05. The number of hydrogen-bond donors (Lipinski definition) is 0. The first-order valence-electron chi connectivity index (χ1n) is 4.20. The van der Waals surface area contributed by atoms with Crippen LogP contribution in [0.15, 0.2) is 36.4 Å². The molecule has 0 aromatic carbocycles. The first-order chi connectivity index (χ1) is 5.71. The summed E-state index contributed by atoms with van der Waals surface area (Å²) in [6.07, 6.45) is 7.15. The Morgan fingerprint density at radius 1 is 1.42 bits per heavy atom. The molecule has 2 rings (SSSR count). The van der Waals surface area contributed by atoms with Crippen molar-refractivity contribution in [1.29, 1.82) is 0 Å². The van der Waals surface area contributed by atoms with E-state index < -0.39 is 0 Å². The number of nitrogens with zero attached hydrogens (tertiary/aromatic N) is 1. The zero-order valence-corrected chi connectivity index (χ0v) is 7.45. The molecule has 64 valence electrons. The number of allylic oxidation sites excluding steroid dienone is 1. The van der Waals surface area contributed by atoms with Gasteiger partial charge in [-0.15, -0.1) is 0 Å². The normalized spacial score (nSPS) is 28.3. The van der Waals surface area contributed by atoms with Crippen LogP contribution in [0.5, 0.6) is 0 Å². The van der Waals surface area contributed by atoms with Gasteiger partial charge < -0.3 is 9.30 Å². The lowest BCUT2D eigenvalue weighted by Gasteiger charge is -2.26. The number of hydrogen-bond acceptors (Lipinski definition) is 1. The van der Waals surface area contributed by atoms with Gasteiger partial charge in [-0.2, -0.15) is 0 Å².